The minimum atomic E-state index is -4.42. The third-order valence-corrected chi connectivity index (χ3v) is 5.58. The van der Waals surface area contributed by atoms with Gasteiger partial charge in [-0.25, -0.2) is 0 Å². The van der Waals surface area contributed by atoms with Gasteiger partial charge >= 0.3 is 0 Å². The Morgan fingerprint density at radius 1 is 1.00 bits per heavy atom. The lowest BCUT2D eigenvalue weighted by atomic mass is 9.91. The average molecular weight is 348 g/mol. The number of allylic oxidation sites excluding steroid dienone is 2. The van der Waals surface area contributed by atoms with Gasteiger partial charge in [0.05, 0.1) is 0 Å². The summed E-state index contributed by atoms with van der Waals surface area (Å²) in [5, 5.41) is 5.36. The van der Waals surface area contributed by atoms with Gasteiger partial charge in [0.25, 0.3) is 10.1 Å². The van der Waals surface area contributed by atoms with Crippen molar-refractivity contribution in [3.63, 3.8) is 0 Å². The third-order valence-electron chi connectivity index (χ3n) is 4.63. The highest BCUT2D eigenvalue weighted by molar-refractivity contribution is 7.86. The second-order valence-electron chi connectivity index (χ2n) is 6.18. The minimum Gasteiger partial charge on any atom is -0.282 e. The molecular weight excluding hydrogens is 332 g/mol. The van der Waals surface area contributed by atoms with E-state index in [1.807, 2.05) is 36.4 Å². The van der Waals surface area contributed by atoms with E-state index < -0.39 is 10.1 Å². The molecule has 0 heterocycles. The van der Waals surface area contributed by atoms with Crippen LogP contribution in [0.4, 0.5) is 0 Å². The van der Waals surface area contributed by atoms with Crippen LogP contribution in [0.1, 0.15) is 12.0 Å². The molecule has 0 spiro atoms. The van der Waals surface area contributed by atoms with Gasteiger partial charge in [0.2, 0.25) is 0 Å². The fraction of sp³-hybridized carbons (Fsp3) is 0.0476. The highest BCUT2D eigenvalue weighted by atomic mass is 32.2. The zero-order valence-corrected chi connectivity index (χ0v) is 14.3. The van der Waals surface area contributed by atoms with Crippen LogP contribution in [0, 0.1) is 0 Å². The Bertz CT molecular complexity index is 1250. The Kier molecular flexibility index (Phi) is 3.42. The van der Waals surface area contributed by atoms with Crippen molar-refractivity contribution < 1.29 is 13.0 Å². The van der Waals surface area contributed by atoms with Gasteiger partial charge in [-0.05, 0) is 50.6 Å². The maximum Gasteiger partial charge on any atom is 0.295 e. The summed E-state index contributed by atoms with van der Waals surface area (Å²) in [4.78, 5) is -0.0786. The lowest BCUT2D eigenvalue weighted by molar-refractivity contribution is 0.484. The molecule has 0 saturated carbocycles. The summed E-state index contributed by atoms with van der Waals surface area (Å²) in [6.45, 7) is 7.66. The quantitative estimate of drug-likeness (QED) is 0.304. The van der Waals surface area contributed by atoms with E-state index in [0.29, 0.717) is 22.9 Å². The number of hydrogen-bond acceptors (Lipinski definition) is 2. The van der Waals surface area contributed by atoms with Gasteiger partial charge in [-0.3, -0.25) is 4.55 Å². The van der Waals surface area contributed by atoms with Crippen molar-refractivity contribution in [2.45, 2.75) is 11.3 Å². The summed E-state index contributed by atoms with van der Waals surface area (Å²) < 4.78 is 34.3. The zero-order valence-electron chi connectivity index (χ0n) is 13.5. The van der Waals surface area contributed by atoms with Crippen LogP contribution in [0.2, 0.25) is 0 Å². The Hall–Kier alpha value is -2.69. The predicted octanol–water partition coefficient (Wildman–Crippen LogP) is 5.42. The molecule has 124 valence electrons. The van der Waals surface area contributed by atoms with Crippen LogP contribution in [0.5, 0.6) is 0 Å². The van der Waals surface area contributed by atoms with E-state index in [2.05, 4.69) is 13.2 Å². The molecule has 0 bridgehead atoms. The maximum atomic E-state index is 12.2. The molecule has 0 aliphatic heterocycles. The van der Waals surface area contributed by atoms with E-state index >= 15 is 0 Å². The van der Waals surface area contributed by atoms with E-state index in [0.717, 1.165) is 26.9 Å². The van der Waals surface area contributed by atoms with Crippen LogP contribution < -0.4 is 0 Å². The average Bonchev–Trinajstić information content (AvgIpc) is 2.58. The van der Waals surface area contributed by atoms with Gasteiger partial charge in [-0.1, -0.05) is 55.1 Å². The predicted molar refractivity (Wildman–Crippen MR) is 104 cm³/mol. The summed E-state index contributed by atoms with van der Waals surface area (Å²) in [5.74, 6) is 0. The molecule has 0 fully saturated rings. The minimum absolute atomic E-state index is 0.0786. The molecule has 0 amide bonds. The lowest BCUT2D eigenvalue weighted by Crippen LogP contribution is -2.05. The first-order valence-electron chi connectivity index (χ1n) is 7.89. The molecule has 0 atom stereocenters. The second-order valence-corrected chi connectivity index (χ2v) is 7.54. The molecule has 25 heavy (non-hydrogen) atoms. The van der Waals surface area contributed by atoms with Crippen LogP contribution in [-0.2, 0) is 10.1 Å². The van der Waals surface area contributed by atoms with E-state index in [1.165, 1.54) is 0 Å². The molecule has 4 aromatic carbocycles. The first kappa shape index (κ1) is 15.8. The monoisotopic (exact) mass is 348 g/mol. The van der Waals surface area contributed by atoms with Crippen molar-refractivity contribution in [1.82, 2.24) is 0 Å². The molecule has 4 heteroatoms. The van der Waals surface area contributed by atoms with Crippen molar-refractivity contribution in [1.29, 1.82) is 0 Å². The summed E-state index contributed by atoms with van der Waals surface area (Å²) in [5.41, 5.74) is 1.04. The van der Waals surface area contributed by atoms with Crippen LogP contribution in [0.15, 0.2) is 72.7 Å². The van der Waals surface area contributed by atoms with Gasteiger partial charge in [0.1, 0.15) is 4.90 Å². The van der Waals surface area contributed by atoms with Gasteiger partial charge in [-0.15, -0.1) is 6.58 Å². The molecule has 0 saturated heterocycles. The van der Waals surface area contributed by atoms with E-state index in [1.54, 1.807) is 18.2 Å². The molecule has 0 aromatic heterocycles. The second kappa shape index (κ2) is 5.41. The van der Waals surface area contributed by atoms with Crippen molar-refractivity contribution in [3.8, 4) is 0 Å². The molecule has 0 aliphatic rings. The fourth-order valence-corrected chi connectivity index (χ4v) is 4.54. The molecule has 4 aromatic rings. The highest BCUT2D eigenvalue weighted by Gasteiger charge is 2.23. The lowest BCUT2D eigenvalue weighted by Gasteiger charge is -2.17. The number of rotatable bonds is 4. The topological polar surface area (TPSA) is 54.4 Å². The Labute approximate surface area is 146 Å². The van der Waals surface area contributed by atoms with Crippen molar-refractivity contribution in [2.24, 2.45) is 0 Å². The first-order valence-corrected chi connectivity index (χ1v) is 9.33. The molecule has 4 rings (SSSR count). The van der Waals surface area contributed by atoms with E-state index in [4.69, 9.17) is 0 Å². The largest absolute Gasteiger partial charge is 0.295 e. The van der Waals surface area contributed by atoms with Crippen LogP contribution in [0.3, 0.4) is 0 Å². The smallest absolute Gasteiger partial charge is 0.282 e. The molecule has 0 unspecified atom stereocenters. The normalized spacial score (nSPS) is 12.2. The number of hydrogen-bond donors (Lipinski definition) is 1. The summed E-state index contributed by atoms with van der Waals surface area (Å²) in [7, 11) is -4.42. The number of benzene rings is 4. The molecule has 0 radical (unpaired) electrons. The van der Waals surface area contributed by atoms with Crippen LogP contribution in [0.25, 0.3) is 37.9 Å². The Morgan fingerprint density at radius 3 is 2.28 bits per heavy atom. The van der Waals surface area contributed by atoms with Gasteiger partial charge in [-0.2, -0.15) is 8.42 Å². The van der Waals surface area contributed by atoms with Gasteiger partial charge in [0.15, 0.2) is 0 Å². The fourth-order valence-electron chi connectivity index (χ4n) is 3.61. The first-order chi connectivity index (χ1) is 11.9. The summed E-state index contributed by atoms with van der Waals surface area (Å²) >= 11 is 0. The van der Waals surface area contributed by atoms with E-state index in [9.17, 15) is 13.0 Å². The van der Waals surface area contributed by atoms with Crippen LogP contribution >= 0.6 is 0 Å². The third kappa shape index (κ3) is 2.34. The van der Waals surface area contributed by atoms with Crippen molar-refractivity contribution >= 4 is 48.0 Å². The Morgan fingerprint density at radius 2 is 1.64 bits per heavy atom. The summed E-state index contributed by atoms with van der Waals surface area (Å²) in [6.07, 6.45) is 2.11. The van der Waals surface area contributed by atoms with Gasteiger partial charge < -0.3 is 0 Å². The standard InChI is InChI=1S/C21H16O3S/c1-3-5-13(2)18-12-16-9-8-14-6-4-7-15-10-11-17(20(16)19(14)15)21(18)25(22,23)24/h3-4,6-12H,1-2,5H2,(H,22,23,24). The molecular formula is C21H16O3S. The molecule has 1 N–H and O–H groups in total. The zero-order chi connectivity index (χ0) is 17.8. The Balaban J connectivity index is 2.28. The van der Waals surface area contributed by atoms with Crippen molar-refractivity contribution in [2.75, 3.05) is 0 Å². The van der Waals surface area contributed by atoms with E-state index in [-0.39, 0.29) is 4.90 Å². The SMILES string of the molecule is C=CCC(=C)c1cc2ccc3cccc4ccc(c1S(=O)(=O)O)c2c34. The van der Waals surface area contributed by atoms with Gasteiger partial charge in [0, 0.05) is 5.39 Å². The summed E-state index contributed by atoms with van der Waals surface area (Å²) in [6, 6.07) is 15.4. The van der Waals surface area contributed by atoms with Crippen LogP contribution in [-0.4, -0.2) is 13.0 Å². The van der Waals surface area contributed by atoms with Crippen molar-refractivity contribution in [3.05, 3.63) is 73.3 Å². The maximum absolute atomic E-state index is 12.2. The molecule has 3 nitrogen and oxygen atoms in total. The highest BCUT2D eigenvalue weighted by Crippen LogP contribution is 2.40. The molecule has 0 aliphatic carbocycles.